The minimum Gasteiger partial charge on any atom is -0.508 e. The molecule has 0 radical (unpaired) electrons. The van der Waals surface area contributed by atoms with Gasteiger partial charge in [-0.15, -0.1) is 12.4 Å². The predicted molar refractivity (Wildman–Crippen MR) is 288 cm³/mol. The number of nitrogens with zero attached hydrogens (tertiary/aromatic N) is 2. The molecule has 2 fully saturated rings. The van der Waals surface area contributed by atoms with E-state index < -0.39 is 139 Å². The number of phenolic OH excluding ortho intramolecular Hbond substituents is 1. The molecule has 77 heavy (non-hydrogen) atoms. The van der Waals surface area contributed by atoms with Gasteiger partial charge in [0.25, 0.3) is 0 Å². The number of guanidine groups is 1. The van der Waals surface area contributed by atoms with Crippen molar-refractivity contribution in [3.05, 3.63) is 65.7 Å². The average Bonchev–Trinajstić information content (AvgIpc) is 3.86. The van der Waals surface area contributed by atoms with E-state index in [1.807, 2.05) is 0 Å². The van der Waals surface area contributed by atoms with E-state index in [2.05, 4.69) is 42.2 Å². The highest BCUT2D eigenvalue weighted by Crippen LogP contribution is 2.26. The number of benzene rings is 2. The zero-order chi connectivity index (χ0) is 55.2. The Balaban J connectivity index is 0.0000101. The zero-order valence-corrected chi connectivity index (χ0v) is 44.4. The lowest BCUT2D eigenvalue weighted by Crippen LogP contribution is -2.61. The number of primary amides is 3. The van der Waals surface area contributed by atoms with Gasteiger partial charge in [0.05, 0.1) is 19.0 Å². The third kappa shape index (κ3) is 22.4. The monoisotopic (exact) mass is 1140 g/mol. The van der Waals surface area contributed by atoms with Gasteiger partial charge in [0, 0.05) is 43.9 Å². The first-order valence-electron chi connectivity index (χ1n) is 23.7. The van der Waals surface area contributed by atoms with Gasteiger partial charge in [0.2, 0.25) is 65.0 Å². The first-order valence-corrected chi connectivity index (χ1v) is 26.2. The highest BCUT2D eigenvalue weighted by atomic mass is 35.5. The van der Waals surface area contributed by atoms with Gasteiger partial charge >= 0.3 is 0 Å². The Labute approximate surface area is 457 Å². The van der Waals surface area contributed by atoms with Gasteiger partial charge in [0.1, 0.15) is 48.0 Å². The van der Waals surface area contributed by atoms with Gasteiger partial charge in [0.15, 0.2) is 5.96 Å². The number of carbonyl (C=O) groups is 11. The number of aliphatic imine (C=N–C) groups is 1. The van der Waals surface area contributed by atoms with Crippen molar-refractivity contribution in [1.29, 1.82) is 0 Å². The lowest BCUT2D eigenvalue weighted by Gasteiger charge is -2.31. The summed E-state index contributed by atoms with van der Waals surface area (Å²) < 4.78 is 0. The van der Waals surface area contributed by atoms with Gasteiger partial charge in [-0.1, -0.05) is 64.1 Å². The molecule has 0 spiro atoms. The number of amides is 11. The van der Waals surface area contributed by atoms with Gasteiger partial charge in [-0.2, -0.15) is 0 Å². The molecule has 0 saturated carbocycles. The summed E-state index contributed by atoms with van der Waals surface area (Å²) in [6, 6.07) is 2.80. The van der Waals surface area contributed by atoms with Crippen LogP contribution in [0.25, 0.3) is 0 Å². The summed E-state index contributed by atoms with van der Waals surface area (Å²) in [5.74, 6) is -10.5. The second-order valence-electron chi connectivity index (χ2n) is 17.6. The summed E-state index contributed by atoms with van der Waals surface area (Å²) in [7, 11) is 1.99. The molecule has 2 aromatic carbocycles. The number of hydrogen-bond acceptors (Lipinski definition) is 17. The molecule has 8 atom stereocenters. The molecule has 11 amide bonds. The van der Waals surface area contributed by atoms with Crippen LogP contribution in [0.2, 0.25) is 0 Å². The minimum absolute atomic E-state index is 0. The molecule has 0 aromatic heterocycles. The third-order valence-electron chi connectivity index (χ3n) is 11.6. The molecule has 28 nitrogen and oxygen atoms in total. The number of carbonyl (C=O) groups excluding carboxylic acids is 11. The average molecular weight is 1140 g/mol. The molecular formula is C46H69ClN16O12S2. The zero-order valence-electron chi connectivity index (χ0n) is 41.9. The van der Waals surface area contributed by atoms with Crippen molar-refractivity contribution >= 4 is 105 Å². The Morgan fingerprint density at radius 3 is 1.87 bits per heavy atom. The van der Waals surface area contributed by atoms with Crippen LogP contribution in [0.3, 0.4) is 0 Å². The lowest BCUT2D eigenvalue weighted by molar-refractivity contribution is -0.142. The van der Waals surface area contributed by atoms with Gasteiger partial charge < -0.3 is 87.8 Å². The van der Waals surface area contributed by atoms with Crippen molar-refractivity contribution in [2.24, 2.45) is 39.4 Å². The van der Waals surface area contributed by atoms with Crippen LogP contribution in [-0.2, 0) is 65.6 Å². The van der Waals surface area contributed by atoms with Gasteiger partial charge in [-0.05, 0) is 55.4 Å². The van der Waals surface area contributed by atoms with Crippen molar-refractivity contribution in [3.8, 4) is 5.75 Å². The van der Waals surface area contributed by atoms with Gasteiger partial charge in [-0.25, -0.2) is 0 Å². The SMILES string of the molecule is Cl.N.NC(=O)CCC1NC(=O)C(Cc2ccccc2)NC(=O)C(Cc2ccc(O)cc2)NC(=O)C(N)CSSCC(C(=O)N2CCCC2C(=O)NC(CCCN=C(N)N)C(=O)NCC(N)=O)NC(=O)C(CC(N)=O)NC1=O. The summed E-state index contributed by atoms with van der Waals surface area (Å²) in [5.41, 5.74) is 34.4. The van der Waals surface area contributed by atoms with Crippen LogP contribution in [0.1, 0.15) is 56.1 Å². The largest absolute Gasteiger partial charge is 0.508 e. The standard InChI is InChI=1S/C46H65N15O12S2.ClH.H3N/c47-27-22-74-75-23-33(45(73)61-17-5-9-34(61)44(72)56-28(8-4-16-53-46(51)52)39(67)54-21-37(50)65)60-43(71)32(20-36(49)64)59-40(68)29(14-15-35(48)63)55-41(69)31(18-24-6-2-1-3-7-24)58-42(70)30(57-38(27)66)19-25-10-12-26(62)13-11-25;;/h1-3,6-7,10-13,27-34,62H,4-5,8-9,14-23,47H2,(H2,48,63)(H2,49,64)(H2,50,65)(H,54,67)(H,55,69)(H,56,72)(H,57,66)(H,58,70)(H,59,68)(H,60,71)(H4,51,52,53);1H;1H3. The predicted octanol–water partition coefficient (Wildman–Crippen LogP) is -4.82. The molecule has 2 aliphatic rings. The number of nitrogens with one attached hydrogen (secondary N) is 7. The summed E-state index contributed by atoms with van der Waals surface area (Å²) in [5, 5.41) is 27.6. The van der Waals surface area contributed by atoms with Crippen molar-refractivity contribution in [2.75, 3.05) is 31.1 Å². The van der Waals surface area contributed by atoms with E-state index in [9.17, 15) is 57.8 Å². The molecule has 424 valence electrons. The van der Waals surface area contributed by atoms with E-state index in [0.717, 1.165) is 21.6 Å². The van der Waals surface area contributed by atoms with E-state index in [1.54, 1.807) is 30.3 Å². The van der Waals surface area contributed by atoms with E-state index >= 15 is 0 Å². The van der Waals surface area contributed by atoms with Crippen LogP contribution >= 0.6 is 34.0 Å². The second-order valence-corrected chi connectivity index (χ2v) is 20.2. The topological polar surface area (TPSA) is 499 Å². The molecule has 4 rings (SSSR count). The van der Waals surface area contributed by atoms with E-state index in [4.69, 9.17) is 34.4 Å². The Kier molecular flexibility index (Phi) is 28.1. The van der Waals surface area contributed by atoms with E-state index in [-0.39, 0.29) is 87.0 Å². The van der Waals surface area contributed by atoms with E-state index in [0.29, 0.717) is 17.5 Å². The number of halogens is 1. The third-order valence-corrected chi connectivity index (χ3v) is 14.1. The fourth-order valence-electron chi connectivity index (χ4n) is 7.80. The maximum atomic E-state index is 14.6. The summed E-state index contributed by atoms with van der Waals surface area (Å²) in [6.07, 6.45) is -1.38. The summed E-state index contributed by atoms with van der Waals surface area (Å²) in [4.78, 5) is 153. The van der Waals surface area contributed by atoms with Crippen molar-refractivity contribution in [3.63, 3.8) is 0 Å². The molecule has 2 heterocycles. The number of aromatic hydroxyl groups is 1. The highest BCUT2D eigenvalue weighted by molar-refractivity contribution is 8.76. The first kappa shape index (κ1) is 65.7. The van der Waals surface area contributed by atoms with Crippen LogP contribution in [-0.4, -0.2) is 160 Å². The van der Waals surface area contributed by atoms with Crippen molar-refractivity contribution in [2.45, 2.75) is 106 Å². The smallest absolute Gasteiger partial charge is 0.246 e. The number of nitrogens with two attached hydrogens (primary N) is 6. The Morgan fingerprint density at radius 1 is 0.714 bits per heavy atom. The van der Waals surface area contributed by atoms with Crippen LogP contribution in [0, 0.1) is 0 Å². The van der Waals surface area contributed by atoms with Crippen LogP contribution < -0.4 is 77.8 Å². The molecule has 0 bridgehead atoms. The van der Waals surface area contributed by atoms with Crippen molar-refractivity contribution in [1.82, 2.24) is 48.3 Å². The molecule has 2 aliphatic heterocycles. The molecule has 8 unspecified atom stereocenters. The molecular weight excluding hydrogens is 1070 g/mol. The van der Waals surface area contributed by atoms with Crippen molar-refractivity contribution < 1.29 is 57.8 Å². The Hall–Kier alpha value is -7.41. The first-order chi connectivity index (χ1) is 35.6. The second kappa shape index (κ2) is 32.9. The summed E-state index contributed by atoms with van der Waals surface area (Å²) in [6.45, 7) is -0.443. The maximum absolute atomic E-state index is 14.6. The fraction of sp³-hybridized carbons (Fsp3) is 0.478. The molecule has 0 aliphatic carbocycles. The lowest BCUT2D eigenvalue weighted by atomic mass is 10.0. The van der Waals surface area contributed by atoms with Gasteiger partial charge in [-0.3, -0.25) is 57.7 Å². The van der Waals surface area contributed by atoms with Crippen LogP contribution in [0.5, 0.6) is 5.75 Å². The highest BCUT2D eigenvalue weighted by Gasteiger charge is 2.40. The quantitative estimate of drug-likeness (QED) is 0.0272. The fourth-order valence-corrected chi connectivity index (χ4v) is 10.1. The molecule has 23 N–H and O–H groups in total. The van der Waals surface area contributed by atoms with Crippen LogP contribution in [0.15, 0.2) is 59.6 Å². The minimum atomic E-state index is -1.80. The number of rotatable bonds is 19. The number of phenols is 1. The van der Waals surface area contributed by atoms with Crippen LogP contribution in [0.4, 0.5) is 0 Å². The molecule has 2 saturated heterocycles. The molecule has 2 aromatic rings. The number of hydrogen-bond donors (Lipinski definition) is 15. The summed E-state index contributed by atoms with van der Waals surface area (Å²) >= 11 is 0. The molecule has 31 heteroatoms. The Morgan fingerprint density at radius 2 is 1.27 bits per heavy atom. The maximum Gasteiger partial charge on any atom is 0.246 e. The van der Waals surface area contributed by atoms with E-state index in [1.165, 1.54) is 29.2 Å². The Bertz CT molecular complexity index is 2430. The normalized spacial score (nSPS) is 22.0. The number of likely N-dealkylation sites (tertiary alicyclic amines) is 1.